The van der Waals surface area contributed by atoms with Gasteiger partial charge >= 0.3 is 0 Å². The van der Waals surface area contributed by atoms with E-state index in [2.05, 4.69) is 41.9 Å². The number of carbonyl (C=O) groups excluding carboxylic acids is 1. The number of fused-ring (bicyclic) bond motifs is 1. The van der Waals surface area contributed by atoms with E-state index in [9.17, 15) is 4.79 Å². The van der Waals surface area contributed by atoms with Crippen molar-refractivity contribution in [1.82, 2.24) is 34.9 Å². The van der Waals surface area contributed by atoms with Crippen LogP contribution in [-0.4, -0.2) is 67.0 Å². The molecule has 1 aromatic carbocycles. The van der Waals surface area contributed by atoms with E-state index in [0.29, 0.717) is 24.2 Å². The van der Waals surface area contributed by atoms with Crippen LogP contribution < -0.4 is 5.32 Å². The maximum Gasteiger partial charge on any atom is 0.258 e. The molecule has 10 heteroatoms. The number of imidazole rings is 1. The van der Waals surface area contributed by atoms with Crippen LogP contribution in [0.4, 0.5) is 11.8 Å². The summed E-state index contributed by atoms with van der Waals surface area (Å²) < 4.78 is 5.46. The molecule has 184 valence electrons. The van der Waals surface area contributed by atoms with E-state index in [0.717, 1.165) is 79.4 Å². The third-order valence-corrected chi connectivity index (χ3v) is 6.63. The van der Waals surface area contributed by atoms with Gasteiger partial charge in [-0.15, -0.1) is 6.58 Å². The van der Waals surface area contributed by atoms with Gasteiger partial charge in [0.1, 0.15) is 5.82 Å². The van der Waals surface area contributed by atoms with Crippen molar-refractivity contribution in [2.45, 2.75) is 31.7 Å². The van der Waals surface area contributed by atoms with Crippen LogP contribution in [0.3, 0.4) is 0 Å². The normalized spacial score (nSPS) is 16.4. The maximum absolute atomic E-state index is 12.1. The van der Waals surface area contributed by atoms with Gasteiger partial charge in [-0.25, -0.2) is 9.97 Å². The third-order valence-electron chi connectivity index (χ3n) is 6.63. The van der Waals surface area contributed by atoms with Gasteiger partial charge in [0.05, 0.1) is 11.0 Å². The van der Waals surface area contributed by atoms with Crippen LogP contribution in [0.5, 0.6) is 0 Å². The molecule has 36 heavy (non-hydrogen) atoms. The second-order valence-corrected chi connectivity index (χ2v) is 9.37. The molecule has 4 heterocycles. The lowest BCUT2D eigenvalue weighted by Crippen LogP contribution is -2.48. The summed E-state index contributed by atoms with van der Waals surface area (Å²) in [5, 5.41) is 7.39. The Morgan fingerprint density at radius 2 is 2.03 bits per heavy atom. The van der Waals surface area contributed by atoms with Gasteiger partial charge in [0.2, 0.25) is 11.9 Å². The number of nitrogens with one attached hydrogen (secondary N) is 2. The maximum atomic E-state index is 12.1. The monoisotopic (exact) mass is 484 g/mol. The molecule has 3 aromatic heterocycles. The van der Waals surface area contributed by atoms with Crippen molar-refractivity contribution in [2.75, 3.05) is 31.5 Å². The number of H-pyrrole nitrogens is 1. The Balaban J connectivity index is 1.10. The van der Waals surface area contributed by atoms with Crippen LogP contribution in [-0.2, 0) is 11.3 Å². The van der Waals surface area contributed by atoms with Gasteiger partial charge in [-0.1, -0.05) is 11.2 Å². The Labute approximate surface area is 208 Å². The number of anilines is 2. The Bertz CT molecular complexity index is 1400. The van der Waals surface area contributed by atoms with Gasteiger partial charge < -0.3 is 19.7 Å². The van der Waals surface area contributed by atoms with Crippen LogP contribution in [0.1, 0.15) is 36.6 Å². The second kappa shape index (κ2) is 9.54. The minimum atomic E-state index is 0.151. The fraction of sp³-hybridized carbons (Fsp3) is 0.346. The summed E-state index contributed by atoms with van der Waals surface area (Å²) in [5.41, 5.74) is 3.73. The number of pyridine rings is 1. The number of aromatic amines is 1. The average Bonchev–Trinajstić information content (AvgIpc) is 3.47. The molecular weight excluding hydrogens is 456 g/mol. The van der Waals surface area contributed by atoms with Crippen molar-refractivity contribution in [3.8, 4) is 11.5 Å². The van der Waals surface area contributed by atoms with Crippen LogP contribution in [0.25, 0.3) is 22.5 Å². The zero-order valence-corrected chi connectivity index (χ0v) is 20.0. The molecule has 1 saturated carbocycles. The van der Waals surface area contributed by atoms with E-state index >= 15 is 0 Å². The van der Waals surface area contributed by atoms with Gasteiger partial charge in [0.25, 0.3) is 5.89 Å². The number of hydrogen-bond acceptors (Lipinski definition) is 8. The molecule has 0 bridgehead atoms. The van der Waals surface area contributed by atoms with E-state index in [1.165, 1.54) is 0 Å². The number of rotatable bonds is 8. The SMILES string of the molecule is C=CCC(=O)N1CCN(Cc2ccnc(Nc3nc4ccc(-c5nc(C6CC6)no5)cc4[nH]3)c2)CC1. The van der Waals surface area contributed by atoms with Gasteiger partial charge in [0, 0.05) is 56.8 Å². The number of benzene rings is 1. The van der Waals surface area contributed by atoms with Gasteiger partial charge in [0.15, 0.2) is 5.82 Å². The molecule has 2 fully saturated rings. The van der Waals surface area contributed by atoms with Crippen LogP contribution in [0, 0.1) is 0 Å². The first-order valence-corrected chi connectivity index (χ1v) is 12.3. The summed E-state index contributed by atoms with van der Waals surface area (Å²) in [7, 11) is 0. The van der Waals surface area contributed by atoms with E-state index in [1.54, 1.807) is 12.3 Å². The molecule has 4 aromatic rings. The van der Waals surface area contributed by atoms with Crippen LogP contribution in [0.2, 0.25) is 0 Å². The summed E-state index contributed by atoms with van der Waals surface area (Å²) in [6, 6.07) is 9.91. The van der Waals surface area contributed by atoms with Crippen LogP contribution in [0.15, 0.2) is 53.7 Å². The minimum absolute atomic E-state index is 0.151. The fourth-order valence-corrected chi connectivity index (χ4v) is 4.49. The summed E-state index contributed by atoms with van der Waals surface area (Å²) in [4.78, 5) is 33.3. The molecule has 10 nitrogen and oxygen atoms in total. The summed E-state index contributed by atoms with van der Waals surface area (Å²) >= 11 is 0. The molecule has 1 aliphatic heterocycles. The average molecular weight is 485 g/mol. The van der Waals surface area contributed by atoms with Gasteiger partial charge in [-0.3, -0.25) is 9.69 Å². The first kappa shape index (κ1) is 22.4. The molecule has 6 rings (SSSR count). The number of hydrogen-bond donors (Lipinski definition) is 2. The lowest BCUT2D eigenvalue weighted by molar-refractivity contribution is -0.132. The Hall–Kier alpha value is -4.05. The van der Waals surface area contributed by atoms with E-state index in [1.807, 2.05) is 35.2 Å². The lowest BCUT2D eigenvalue weighted by atomic mass is 10.2. The fourth-order valence-electron chi connectivity index (χ4n) is 4.49. The van der Waals surface area contributed by atoms with Gasteiger partial charge in [-0.2, -0.15) is 4.98 Å². The van der Waals surface area contributed by atoms with Gasteiger partial charge in [-0.05, 0) is 48.7 Å². The summed E-state index contributed by atoms with van der Waals surface area (Å²) in [6.45, 7) is 7.65. The number of amides is 1. The van der Waals surface area contributed by atoms with Crippen molar-refractivity contribution in [3.05, 3.63) is 60.6 Å². The predicted molar refractivity (Wildman–Crippen MR) is 136 cm³/mol. The number of carbonyl (C=O) groups is 1. The van der Waals surface area contributed by atoms with Crippen molar-refractivity contribution in [1.29, 1.82) is 0 Å². The quantitative estimate of drug-likeness (QED) is 0.362. The molecule has 0 spiro atoms. The molecular formula is C26H28N8O2. The molecule has 2 aliphatic rings. The number of aromatic nitrogens is 5. The lowest BCUT2D eigenvalue weighted by Gasteiger charge is -2.34. The second-order valence-electron chi connectivity index (χ2n) is 9.37. The Morgan fingerprint density at radius 1 is 1.17 bits per heavy atom. The highest BCUT2D eigenvalue weighted by molar-refractivity contribution is 5.82. The molecule has 0 radical (unpaired) electrons. The minimum Gasteiger partial charge on any atom is -0.340 e. The van der Waals surface area contributed by atoms with E-state index < -0.39 is 0 Å². The molecule has 1 amide bonds. The Kier molecular flexibility index (Phi) is 5.94. The topological polar surface area (TPSA) is 116 Å². The molecule has 1 aliphatic carbocycles. The van der Waals surface area contributed by atoms with E-state index in [-0.39, 0.29) is 5.91 Å². The first-order valence-electron chi connectivity index (χ1n) is 12.3. The zero-order valence-electron chi connectivity index (χ0n) is 20.0. The number of nitrogens with zero attached hydrogens (tertiary/aromatic N) is 6. The third kappa shape index (κ3) is 4.85. The van der Waals surface area contributed by atoms with Crippen molar-refractivity contribution >= 4 is 28.7 Å². The highest BCUT2D eigenvalue weighted by Gasteiger charge is 2.29. The van der Waals surface area contributed by atoms with Crippen molar-refractivity contribution in [2.24, 2.45) is 0 Å². The largest absolute Gasteiger partial charge is 0.340 e. The molecule has 0 unspecified atom stereocenters. The predicted octanol–water partition coefficient (Wildman–Crippen LogP) is 3.85. The molecule has 0 atom stereocenters. The molecule has 1 saturated heterocycles. The Morgan fingerprint density at radius 3 is 2.83 bits per heavy atom. The number of piperazine rings is 1. The zero-order chi connectivity index (χ0) is 24.5. The highest BCUT2D eigenvalue weighted by atomic mass is 16.5. The van der Waals surface area contributed by atoms with Crippen LogP contribution >= 0.6 is 0 Å². The summed E-state index contributed by atoms with van der Waals surface area (Å²) in [5.74, 6) is 3.27. The standard InChI is InChI=1S/C26H28N8O2/c1-2-3-23(35)34-12-10-33(11-13-34)16-17-8-9-27-22(14-17)30-26-28-20-7-6-19(15-21(20)29-26)25-31-24(32-36-25)18-4-5-18/h2,6-9,14-15,18H,1,3-5,10-13,16H2,(H2,27,28,29,30). The summed E-state index contributed by atoms with van der Waals surface area (Å²) in [6.07, 6.45) is 6.14. The van der Waals surface area contributed by atoms with Crippen molar-refractivity contribution < 1.29 is 9.32 Å². The first-order chi connectivity index (χ1) is 17.6. The van der Waals surface area contributed by atoms with Crippen molar-refractivity contribution in [3.63, 3.8) is 0 Å². The molecule has 2 N–H and O–H groups in total. The highest BCUT2D eigenvalue weighted by Crippen LogP contribution is 2.39. The van der Waals surface area contributed by atoms with E-state index in [4.69, 9.17) is 4.52 Å². The smallest absolute Gasteiger partial charge is 0.258 e.